The number of rotatable bonds is 11. The first-order valence-corrected chi connectivity index (χ1v) is 11.0. The Hall–Kier alpha value is -2.14. The molecule has 2 rings (SSSR count). The second kappa shape index (κ2) is 11.6. The minimum atomic E-state index is 0.00464. The predicted molar refractivity (Wildman–Crippen MR) is 116 cm³/mol. The van der Waals surface area contributed by atoms with Crippen LogP contribution in [-0.2, 0) is 22.7 Å². The van der Waals surface area contributed by atoms with Gasteiger partial charge in [0.25, 0.3) is 0 Å². The van der Waals surface area contributed by atoms with Crippen molar-refractivity contribution in [1.29, 1.82) is 0 Å². The normalized spacial score (nSPS) is 11.8. The number of carbonyl (C=O) groups is 2. The zero-order valence-electron chi connectivity index (χ0n) is 17.3. The molecular formula is C23H32N2O2S. The quantitative estimate of drug-likeness (QED) is 0.535. The van der Waals surface area contributed by atoms with E-state index in [1.54, 1.807) is 16.2 Å². The average molecular weight is 401 g/mol. The second-order valence-corrected chi connectivity index (χ2v) is 8.38. The van der Waals surface area contributed by atoms with Crippen molar-refractivity contribution in [1.82, 2.24) is 9.80 Å². The van der Waals surface area contributed by atoms with E-state index in [9.17, 15) is 9.59 Å². The molecule has 1 atom stereocenters. The molecule has 0 aliphatic rings. The van der Waals surface area contributed by atoms with Gasteiger partial charge in [-0.3, -0.25) is 9.59 Å². The molecular weight excluding hydrogens is 368 g/mol. The van der Waals surface area contributed by atoms with E-state index >= 15 is 0 Å². The van der Waals surface area contributed by atoms with Crippen molar-refractivity contribution in [3.63, 3.8) is 0 Å². The van der Waals surface area contributed by atoms with Crippen LogP contribution in [0.15, 0.2) is 47.8 Å². The topological polar surface area (TPSA) is 40.6 Å². The molecule has 1 aromatic heterocycles. The first-order valence-electron chi connectivity index (χ1n) is 10.1. The van der Waals surface area contributed by atoms with Crippen LogP contribution in [0.3, 0.4) is 0 Å². The standard InChI is InChI=1S/C23H32N2O2S/c1-4-10-22(26)24(15-19(3)5-2)18-23(27)25(17-21-13-9-14-28-21)16-20-11-7-6-8-12-20/h6-9,11-14,19H,4-5,10,15-18H2,1-3H3. The summed E-state index contributed by atoms with van der Waals surface area (Å²) in [6.45, 7) is 8.17. The summed E-state index contributed by atoms with van der Waals surface area (Å²) in [5, 5.41) is 2.03. The van der Waals surface area contributed by atoms with Gasteiger partial charge in [-0.2, -0.15) is 0 Å². The highest BCUT2D eigenvalue weighted by Crippen LogP contribution is 2.16. The molecule has 28 heavy (non-hydrogen) atoms. The summed E-state index contributed by atoms with van der Waals surface area (Å²) in [4.78, 5) is 30.6. The fraction of sp³-hybridized carbons (Fsp3) is 0.478. The van der Waals surface area contributed by atoms with Crippen LogP contribution in [-0.4, -0.2) is 34.7 Å². The van der Waals surface area contributed by atoms with E-state index in [1.807, 2.05) is 53.6 Å². The third-order valence-corrected chi connectivity index (χ3v) is 5.73. The lowest BCUT2D eigenvalue weighted by Crippen LogP contribution is -2.44. The minimum absolute atomic E-state index is 0.00464. The van der Waals surface area contributed by atoms with E-state index in [-0.39, 0.29) is 18.4 Å². The van der Waals surface area contributed by atoms with Gasteiger partial charge in [0.1, 0.15) is 0 Å². The van der Waals surface area contributed by atoms with E-state index < -0.39 is 0 Å². The van der Waals surface area contributed by atoms with Crippen molar-refractivity contribution in [3.8, 4) is 0 Å². The average Bonchev–Trinajstić information content (AvgIpc) is 3.21. The molecule has 152 valence electrons. The molecule has 0 bridgehead atoms. The Balaban J connectivity index is 2.14. The number of nitrogens with zero attached hydrogens (tertiary/aromatic N) is 2. The zero-order valence-corrected chi connectivity index (χ0v) is 18.1. The molecule has 0 radical (unpaired) electrons. The van der Waals surface area contributed by atoms with Crippen LogP contribution >= 0.6 is 11.3 Å². The van der Waals surface area contributed by atoms with Gasteiger partial charge < -0.3 is 9.80 Å². The van der Waals surface area contributed by atoms with Gasteiger partial charge in [-0.15, -0.1) is 11.3 Å². The lowest BCUT2D eigenvalue weighted by atomic mass is 10.1. The van der Waals surface area contributed by atoms with Crippen LogP contribution in [0.2, 0.25) is 0 Å². The highest BCUT2D eigenvalue weighted by molar-refractivity contribution is 7.09. The van der Waals surface area contributed by atoms with Crippen molar-refractivity contribution >= 4 is 23.2 Å². The van der Waals surface area contributed by atoms with Crippen LogP contribution in [0.1, 0.15) is 50.5 Å². The van der Waals surface area contributed by atoms with E-state index in [2.05, 4.69) is 19.9 Å². The number of carbonyl (C=O) groups excluding carboxylic acids is 2. The first-order chi connectivity index (χ1) is 13.5. The number of amides is 2. The van der Waals surface area contributed by atoms with Crippen molar-refractivity contribution < 1.29 is 9.59 Å². The maximum atomic E-state index is 13.2. The molecule has 0 saturated carbocycles. The van der Waals surface area contributed by atoms with Crippen molar-refractivity contribution in [2.24, 2.45) is 5.92 Å². The van der Waals surface area contributed by atoms with Crippen LogP contribution in [0, 0.1) is 5.92 Å². The largest absolute Gasteiger partial charge is 0.333 e. The van der Waals surface area contributed by atoms with Gasteiger partial charge in [-0.25, -0.2) is 0 Å². The van der Waals surface area contributed by atoms with E-state index in [1.165, 1.54) is 0 Å². The fourth-order valence-electron chi connectivity index (χ4n) is 3.02. The summed E-state index contributed by atoms with van der Waals surface area (Å²) in [5.74, 6) is 0.463. The van der Waals surface area contributed by atoms with Crippen LogP contribution in [0.4, 0.5) is 0 Å². The maximum absolute atomic E-state index is 13.2. The number of hydrogen-bond donors (Lipinski definition) is 0. The summed E-state index contributed by atoms with van der Waals surface area (Å²) in [5.41, 5.74) is 1.10. The number of benzene rings is 1. The van der Waals surface area contributed by atoms with E-state index in [4.69, 9.17) is 0 Å². The smallest absolute Gasteiger partial charge is 0.242 e. The Morgan fingerprint density at radius 1 is 0.964 bits per heavy atom. The monoisotopic (exact) mass is 400 g/mol. The van der Waals surface area contributed by atoms with Gasteiger partial charge in [-0.05, 0) is 29.3 Å². The molecule has 1 unspecified atom stereocenters. The molecule has 0 N–H and O–H groups in total. The summed E-state index contributed by atoms with van der Waals surface area (Å²) in [6, 6.07) is 14.1. The van der Waals surface area contributed by atoms with Crippen molar-refractivity contribution in [3.05, 3.63) is 58.3 Å². The first kappa shape index (κ1) is 22.2. The number of hydrogen-bond acceptors (Lipinski definition) is 3. The lowest BCUT2D eigenvalue weighted by molar-refractivity contribution is -0.141. The maximum Gasteiger partial charge on any atom is 0.242 e. The predicted octanol–water partition coefficient (Wildman–Crippen LogP) is 4.95. The SMILES string of the molecule is CCCC(=O)N(CC(=O)N(Cc1ccccc1)Cc1cccs1)CC(C)CC. The zero-order chi connectivity index (χ0) is 20.4. The molecule has 0 spiro atoms. The number of thiophene rings is 1. The third-order valence-electron chi connectivity index (χ3n) is 4.87. The highest BCUT2D eigenvalue weighted by Gasteiger charge is 2.22. The van der Waals surface area contributed by atoms with Gasteiger partial charge in [0.2, 0.25) is 11.8 Å². The molecule has 2 aromatic rings. The van der Waals surface area contributed by atoms with Crippen LogP contribution < -0.4 is 0 Å². The molecule has 0 saturated heterocycles. The Labute approximate surface area is 173 Å². The minimum Gasteiger partial charge on any atom is -0.333 e. The van der Waals surface area contributed by atoms with Gasteiger partial charge >= 0.3 is 0 Å². The third kappa shape index (κ3) is 7.12. The second-order valence-electron chi connectivity index (χ2n) is 7.35. The molecule has 2 amide bonds. The van der Waals surface area contributed by atoms with Gasteiger partial charge in [0.05, 0.1) is 13.1 Å². The molecule has 0 fully saturated rings. The summed E-state index contributed by atoms with van der Waals surface area (Å²) in [6.07, 6.45) is 2.29. The van der Waals surface area contributed by atoms with Gasteiger partial charge in [-0.1, -0.05) is 63.6 Å². The molecule has 0 aliphatic carbocycles. The van der Waals surface area contributed by atoms with Crippen LogP contribution in [0.25, 0.3) is 0 Å². The Morgan fingerprint density at radius 2 is 1.71 bits per heavy atom. The summed E-state index contributed by atoms with van der Waals surface area (Å²) in [7, 11) is 0. The Bertz CT molecular complexity index is 715. The van der Waals surface area contributed by atoms with Crippen molar-refractivity contribution in [2.45, 2.75) is 53.1 Å². The lowest BCUT2D eigenvalue weighted by Gasteiger charge is -2.29. The Kier molecular flexibility index (Phi) is 9.21. The fourth-order valence-corrected chi connectivity index (χ4v) is 3.74. The molecule has 1 aromatic carbocycles. The van der Waals surface area contributed by atoms with E-state index in [0.29, 0.717) is 32.0 Å². The molecule has 5 heteroatoms. The molecule has 0 aliphatic heterocycles. The van der Waals surface area contributed by atoms with Crippen molar-refractivity contribution in [2.75, 3.05) is 13.1 Å². The van der Waals surface area contributed by atoms with Gasteiger partial charge in [0.15, 0.2) is 0 Å². The molecule has 4 nitrogen and oxygen atoms in total. The Morgan fingerprint density at radius 3 is 2.32 bits per heavy atom. The van der Waals surface area contributed by atoms with Crippen LogP contribution in [0.5, 0.6) is 0 Å². The highest BCUT2D eigenvalue weighted by atomic mass is 32.1. The summed E-state index contributed by atoms with van der Waals surface area (Å²) < 4.78 is 0. The summed E-state index contributed by atoms with van der Waals surface area (Å²) >= 11 is 1.65. The molecule has 1 heterocycles. The van der Waals surface area contributed by atoms with E-state index in [0.717, 1.165) is 23.3 Å². The van der Waals surface area contributed by atoms with Gasteiger partial charge in [0, 0.05) is 24.4 Å².